The summed E-state index contributed by atoms with van der Waals surface area (Å²) < 4.78 is 31.3. The third-order valence-corrected chi connectivity index (χ3v) is 4.71. The van der Waals surface area contributed by atoms with Gasteiger partial charge in [0.25, 0.3) is 10.0 Å². The summed E-state index contributed by atoms with van der Waals surface area (Å²) in [6.07, 6.45) is 1.36. The Morgan fingerprint density at radius 1 is 1.60 bits per heavy atom. The minimum absolute atomic E-state index is 0.0262. The van der Waals surface area contributed by atoms with E-state index in [4.69, 9.17) is 4.74 Å². The fourth-order valence-corrected chi connectivity index (χ4v) is 3.44. The van der Waals surface area contributed by atoms with Crippen molar-refractivity contribution < 1.29 is 17.9 Å². The Labute approximate surface area is 117 Å². The van der Waals surface area contributed by atoms with E-state index in [1.54, 1.807) is 0 Å². The molecule has 2 heterocycles. The van der Waals surface area contributed by atoms with E-state index in [0.717, 1.165) is 4.31 Å². The highest BCUT2D eigenvalue weighted by atomic mass is 32.2. The summed E-state index contributed by atoms with van der Waals surface area (Å²) >= 11 is 0. The second-order valence-corrected chi connectivity index (χ2v) is 6.65. The lowest BCUT2D eigenvalue weighted by Crippen LogP contribution is -2.56. The van der Waals surface area contributed by atoms with Crippen LogP contribution in [0.2, 0.25) is 0 Å². The Bertz CT molecular complexity index is 555. The van der Waals surface area contributed by atoms with Crippen LogP contribution in [0.25, 0.3) is 0 Å². The Kier molecular flexibility index (Phi) is 4.41. The van der Waals surface area contributed by atoms with Crippen molar-refractivity contribution in [2.75, 3.05) is 19.8 Å². The zero-order chi connectivity index (χ0) is 14.8. The Morgan fingerprint density at radius 2 is 2.35 bits per heavy atom. The normalized spacial score (nSPS) is 21.1. The van der Waals surface area contributed by atoms with Gasteiger partial charge in [-0.25, -0.2) is 8.42 Å². The van der Waals surface area contributed by atoms with Gasteiger partial charge in [0.15, 0.2) is 5.03 Å². The zero-order valence-corrected chi connectivity index (χ0v) is 12.2. The fourth-order valence-electron chi connectivity index (χ4n) is 1.98. The maximum atomic E-state index is 12.5. The maximum Gasteiger partial charge on any atom is 0.260 e. The molecule has 0 saturated carbocycles. The molecule has 1 amide bonds. The molecule has 2 N–H and O–H groups in total. The van der Waals surface area contributed by atoms with Gasteiger partial charge in [0.1, 0.15) is 6.04 Å². The predicted molar refractivity (Wildman–Crippen MR) is 70.4 cm³/mol. The fraction of sp³-hybridized carbons (Fsp3) is 0.636. The molecule has 20 heavy (non-hydrogen) atoms. The molecule has 0 radical (unpaired) electrons. The van der Waals surface area contributed by atoms with Crippen molar-refractivity contribution in [1.29, 1.82) is 0 Å². The van der Waals surface area contributed by atoms with Crippen molar-refractivity contribution in [1.82, 2.24) is 19.8 Å². The standard InChI is InChI=1S/C11H18N4O4S/c1-8(2)13-11(16)9-7-19-6-5-15(9)20(17,18)10-3-4-12-14-10/h3-4,8-9H,5-7H2,1-2H3,(H,12,14)(H,13,16). The lowest BCUT2D eigenvalue weighted by molar-refractivity contribution is -0.129. The number of hydrogen-bond acceptors (Lipinski definition) is 5. The van der Waals surface area contributed by atoms with Crippen LogP contribution in [0.3, 0.4) is 0 Å². The van der Waals surface area contributed by atoms with Crippen molar-refractivity contribution in [3.8, 4) is 0 Å². The van der Waals surface area contributed by atoms with E-state index in [9.17, 15) is 13.2 Å². The van der Waals surface area contributed by atoms with E-state index >= 15 is 0 Å². The molecule has 0 aliphatic carbocycles. The molecule has 1 aliphatic rings. The molecule has 0 aromatic carbocycles. The van der Waals surface area contributed by atoms with Gasteiger partial charge >= 0.3 is 0 Å². The summed E-state index contributed by atoms with van der Waals surface area (Å²) in [4.78, 5) is 12.1. The van der Waals surface area contributed by atoms with Gasteiger partial charge in [0.05, 0.1) is 19.4 Å². The molecule has 0 spiro atoms. The number of nitrogens with one attached hydrogen (secondary N) is 2. The number of morpholine rings is 1. The topological polar surface area (TPSA) is 104 Å². The van der Waals surface area contributed by atoms with Crippen molar-refractivity contribution in [2.24, 2.45) is 0 Å². The Hall–Kier alpha value is -1.45. The van der Waals surface area contributed by atoms with Gasteiger partial charge in [-0.2, -0.15) is 9.40 Å². The van der Waals surface area contributed by atoms with Crippen LogP contribution >= 0.6 is 0 Å². The predicted octanol–water partition coefficient (Wildman–Crippen LogP) is -0.676. The molecular formula is C11H18N4O4S. The molecule has 1 unspecified atom stereocenters. The van der Waals surface area contributed by atoms with Crippen LogP contribution in [0.4, 0.5) is 0 Å². The van der Waals surface area contributed by atoms with Gasteiger partial charge in [-0.05, 0) is 19.9 Å². The molecule has 1 saturated heterocycles. The highest BCUT2D eigenvalue weighted by Crippen LogP contribution is 2.18. The zero-order valence-electron chi connectivity index (χ0n) is 11.4. The first-order valence-electron chi connectivity index (χ1n) is 6.32. The van der Waals surface area contributed by atoms with Gasteiger partial charge in [0, 0.05) is 12.6 Å². The van der Waals surface area contributed by atoms with Gasteiger partial charge in [-0.15, -0.1) is 0 Å². The van der Waals surface area contributed by atoms with Crippen molar-refractivity contribution in [2.45, 2.75) is 31.0 Å². The monoisotopic (exact) mass is 302 g/mol. The first kappa shape index (κ1) is 14.9. The minimum Gasteiger partial charge on any atom is -0.378 e. The molecule has 1 aliphatic heterocycles. The first-order chi connectivity index (χ1) is 9.43. The minimum atomic E-state index is -3.77. The van der Waals surface area contributed by atoms with E-state index in [1.807, 2.05) is 13.8 Å². The lowest BCUT2D eigenvalue weighted by Gasteiger charge is -2.33. The Balaban J connectivity index is 2.25. The van der Waals surface area contributed by atoms with E-state index in [0.29, 0.717) is 0 Å². The van der Waals surface area contributed by atoms with Gasteiger partial charge in [-0.1, -0.05) is 0 Å². The number of carbonyl (C=O) groups excluding carboxylic acids is 1. The summed E-state index contributed by atoms with van der Waals surface area (Å²) in [6.45, 7) is 4.08. The second-order valence-electron chi connectivity index (χ2n) is 4.79. The molecule has 1 aromatic rings. The smallest absolute Gasteiger partial charge is 0.260 e. The number of hydrogen-bond donors (Lipinski definition) is 2. The van der Waals surface area contributed by atoms with Crippen molar-refractivity contribution in [3.05, 3.63) is 12.3 Å². The summed E-state index contributed by atoms with van der Waals surface area (Å²) in [7, 11) is -3.77. The summed E-state index contributed by atoms with van der Waals surface area (Å²) in [5.41, 5.74) is 0. The van der Waals surface area contributed by atoms with Crippen LogP contribution in [0.15, 0.2) is 17.3 Å². The maximum absolute atomic E-state index is 12.5. The van der Waals surface area contributed by atoms with E-state index in [2.05, 4.69) is 15.5 Å². The third-order valence-electron chi connectivity index (χ3n) is 2.87. The highest BCUT2D eigenvalue weighted by Gasteiger charge is 2.39. The van der Waals surface area contributed by atoms with Gasteiger partial charge in [0.2, 0.25) is 5.91 Å². The van der Waals surface area contributed by atoms with Crippen molar-refractivity contribution in [3.63, 3.8) is 0 Å². The quantitative estimate of drug-likeness (QED) is 0.767. The lowest BCUT2D eigenvalue weighted by atomic mass is 10.2. The van der Waals surface area contributed by atoms with Crippen LogP contribution < -0.4 is 5.32 Å². The Morgan fingerprint density at radius 3 is 2.95 bits per heavy atom. The van der Waals surface area contributed by atoms with Crippen LogP contribution in [0, 0.1) is 0 Å². The number of rotatable bonds is 4. The number of carbonyl (C=O) groups is 1. The number of aromatic amines is 1. The first-order valence-corrected chi connectivity index (χ1v) is 7.76. The second kappa shape index (κ2) is 5.90. The van der Waals surface area contributed by atoms with E-state index in [1.165, 1.54) is 12.3 Å². The highest BCUT2D eigenvalue weighted by molar-refractivity contribution is 7.89. The molecule has 1 fully saturated rings. The molecule has 9 heteroatoms. The van der Waals surface area contributed by atoms with Crippen LogP contribution in [-0.2, 0) is 19.6 Å². The van der Waals surface area contributed by atoms with Crippen molar-refractivity contribution >= 4 is 15.9 Å². The summed E-state index contributed by atoms with van der Waals surface area (Å²) in [5.74, 6) is -0.359. The molecule has 2 rings (SSSR count). The third kappa shape index (κ3) is 3.00. The SMILES string of the molecule is CC(C)NC(=O)C1COCCN1S(=O)(=O)c1ccn[nH]1. The van der Waals surface area contributed by atoms with Gasteiger partial charge in [-0.3, -0.25) is 9.89 Å². The van der Waals surface area contributed by atoms with E-state index < -0.39 is 16.1 Å². The molecule has 1 aromatic heterocycles. The molecule has 112 valence electrons. The average molecular weight is 302 g/mol. The molecule has 0 bridgehead atoms. The number of sulfonamides is 1. The number of H-pyrrole nitrogens is 1. The average Bonchev–Trinajstić information content (AvgIpc) is 2.92. The molecular weight excluding hydrogens is 284 g/mol. The summed E-state index contributed by atoms with van der Waals surface area (Å²) in [6, 6.07) is 0.433. The number of ether oxygens (including phenoxy) is 1. The summed E-state index contributed by atoms with van der Waals surface area (Å²) in [5, 5.41) is 8.74. The number of amides is 1. The van der Waals surface area contributed by atoms with Crippen LogP contribution in [0.5, 0.6) is 0 Å². The van der Waals surface area contributed by atoms with Gasteiger partial charge < -0.3 is 10.1 Å². The molecule has 1 atom stereocenters. The number of aromatic nitrogens is 2. The molecule has 8 nitrogen and oxygen atoms in total. The number of nitrogens with zero attached hydrogens (tertiary/aromatic N) is 2. The van der Waals surface area contributed by atoms with Crippen LogP contribution in [0.1, 0.15) is 13.8 Å². The van der Waals surface area contributed by atoms with Crippen LogP contribution in [-0.4, -0.2) is 60.7 Å². The largest absolute Gasteiger partial charge is 0.378 e. The van der Waals surface area contributed by atoms with E-state index in [-0.39, 0.29) is 36.7 Å².